The van der Waals surface area contributed by atoms with Gasteiger partial charge in [-0.05, 0) is 114 Å². The van der Waals surface area contributed by atoms with E-state index in [1.165, 1.54) is 38.8 Å². The molecular formula is C35H46N3+. The van der Waals surface area contributed by atoms with Crippen molar-refractivity contribution in [1.29, 1.82) is 0 Å². The minimum atomic E-state index is 0.127. The molecule has 4 aromatic carbocycles. The Morgan fingerprint density at radius 3 is 1.26 bits per heavy atom. The van der Waals surface area contributed by atoms with Crippen molar-refractivity contribution >= 4 is 27.8 Å². The number of fused-ring (bicyclic) bond motifs is 1. The summed E-state index contributed by atoms with van der Waals surface area (Å²) in [5.41, 5.74) is 11.9. The lowest BCUT2D eigenvalue weighted by molar-refractivity contribution is -0.252. The summed E-state index contributed by atoms with van der Waals surface area (Å²) in [6, 6.07) is 33.4. The Hall–Kier alpha value is -3.30. The Labute approximate surface area is 230 Å². The van der Waals surface area contributed by atoms with Crippen LogP contribution < -0.4 is 15.5 Å². The maximum Gasteiger partial charge on any atom is 0.135 e. The van der Waals surface area contributed by atoms with E-state index in [0.717, 1.165) is 5.69 Å². The molecule has 0 radical (unpaired) electrons. The minimum absolute atomic E-state index is 0.127. The van der Waals surface area contributed by atoms with Crippen LogP contribution in [-0.4, -0.2) is 24.2 Å². The molecule has 0 aliphatic heterocycles. The third-order valence-corrected chi connectivity index (χ3v) is 7.63. The number of anilines is 2. The fourth-order valence-corrected chi connectivity index (χ4v) is 6.25. The Balaban J connectivity index is 1.86. The van der Waals surface area contributed by atoms with Gasteiger partial charge in [0.1, 0.15) is 5.69 Å². The van der Waals surface area contributed by atoms with Crippen LogP contribution in [0.3, 0.4) is 0 Å². The van der Waals surface area contributed by atoms with Crippen LogP contribution >= 0.6 is 0 Å². The highest BCUT2D eigenvalue weighted by Crippen LogP contribution is 2.39. The first-order valence-corrected chi connectivity index (χ1v) is 14.2. The topological polar surface area (TPSA) is 34.1 Å². The van der Waals surface area contributed by atoms with Crippen LogP contribution in [0.4, 0.5) is 17.1 Å². The van der Waals surface area contributed by atoms with Crippen LogP contribution in [0, 0.1) is 0 Å². The summed E-state index contributed by atoms with van der Waals surface area (Å²) in [6.07, 6.45) is 0. The molecule has 0 heterocycles. The highest BCUT2D eigenvalue weighted by Gasteiger charge is 2.23. The van der Waals surface area contributed by atoms with Gasteiger partial charge in [-0.2, -0.15) is 0 Å². The van der Waals surface area contributed by atoms with E-state index >= 15 is 0 Å². The molecule has 0 aliphatic rings. The van der Waals surface area contributed by atoms with Crippen LogP contribution in [0.5, 0.6) is 0 Å². The van der Waals surface area contributed by atoms with Crippen molar-refractivity contribution in [1.82, 2.24) is 0 Å². The van der Waals surface area contributed by atoms with E-state index < -0.39 is 0 Å². The standard InChI is InChI=1S/C35H45N3/c1-23(2)37(24(3)4)29-17-13-27(14-18-29)35(33-21-22-34(36)32-12-10-9-11-31(32)33)28-15-19-30(20-16-28)38(25(5)6)26(7)8/h9-26,35H,36H2,1-8H3/p+1. The zero-order valence-electron chi connectivity index (χ0n) is 24.6. The van der Waals surface area contributed by atoms with E-state index in [0.29, 0.717) is 24.2 Å². The van der Waals surface area contributed by atoms with E-state index in [9.17, 15) is 0 Å². The lowest BCUT2D eigenvalue weighted by atomic mass is 9.82. The quantitative estimate of drug-likeness (QED) is 0.232. The van der Waals surface area contributed by atoms with E-state index in [1.807, 2.05) is 0 Å². The number of rotatable bonds is 9. The van der Waals surface area contributed by atoms with Gasteiger partial charge in [-0.25, -0.2) is 0 Å². The maximum absolute atomic E-state index is 4.31. The lowest BCUT2D eigenvalue weighted by Crippen LogP contribution is -2.40. The molecule has 200 valence electrons. The summed E-state index contributed by atoms with van der Waals surface area (Å²) in [5.74, 6) is 0.127. The third kappa shape index (κ3) is 5.59. The average Bonchev–Trinajstić information content (AvgIpc) is 2.87. The van der Waals surface area contributed by atoms with Crippen molar-refractivity contribution in [3.05, 3.63) is 102 Å². The molecule has 0 saturated heterocycles. The van der Waals surface area contributed by atoms with Crippen LogP contribution in [0.1, 0.15) is 78.0 Å². The molecule has 3 N–H and O–H groups in total. The average molecular weight is 509 g/mol. The van der Waals surface area contributed by atoms with Crippen LogP contribution in [0.2, 0.25) is 0 Å². The largest absolute Gasteiger partial charge is 0.367 e. The molecule has 0 bridgehead atoms. The number of benzene rings is 4. The summed E-state index contributed by atoms with van der Waals surface area (Å²) < 4.78 is 0. The number of hydrogen-bond donors (Lipinski definition) is 1. The fraction of sp³-hybridized carbons (Fsp3) is 0.371. The van der Waals surface area contributed by atoms with Crippen molar-refractivity contribution in [3.8, 4) is 0 Å². The summed E-state index contributed by atoms with van der Waals surface area (Å²) >= 11 is 0. The maximum atomic E-state index is 4.31. The first-order valence-electron chi connectivity index (χ1n) is 14.2. The molecule has 3 heteroatoms. The van der Waals surface area contributed by atoms with Crippen LogP contribution in [0.25, 0.3) is 10.8 Å². The third-order valence-electron chi connectivity index (χ3n) is 7.63. The van der Waals surface area contributed by atoms with E-state index in [1.54, 1.807) is 0 Å². The second kappa shape index (κ2) is 11.6. The van der Waals surface area contributed by atoms with Gasteiger partial charge in [0.2, 0.25) is 0 Å². The molecule has 38 heavy (non-hydrogen) atoms. The Bertz CT molecular complexity index is 1250. The van der Waals surface area contributed by atoms with Crippen LogP contribution in [-0.2, 0) is 0 Å². The fourth-order valence-electron chi connectivity index (χ4n) is 6.25. The zero-order chi connectivity index (χ0) is 27.6. The summed E-state index contributed by atoms with van der Waals surface area (Å²) in [7, 11) is 0. The van der Waals surface area contributed by atoms with Crippen molar-refractivity contribution in [2.75, 3.05) is 9.80 Å². The molecule has 0 spiro atoms. The number of hydrogen-bond acceptors (Lipinski definition) is 2. The predicted molar refractivity (Wildman–Crippen MR) is 166 cm³/mol. The zero-order valence-corrected chi connectivity index (χ0v) is 24.6. The minimum Gasteiger partial charge on any atom is -0.367 e. The monoisotopic (exact) mass is 508 g/mol. The first-order chi connectivity index (χ1) is 18.1. The summed E-state index contributed by atoms with van der Waals surface area (Å²) in [6.45, 7) is 18.1. The lowest BCUT2D eigenvalue weighted by Gasteiger charge is -2.34. The van der Waals surface area contributed by atoms with Gasteiger partial charge in [0.25, 0.3) is 0 Å². The SMILES string of the molecule is CC(C)N(c1ccc(C(c2ccc(N(C(C)C)C(C)C)cc2)c2ccc([NH3+])c3ccccc23)cc1)C(C)C. The smallest absolute Gasteiger partial charge is 0.135 e. The molecule has 0 atom stereocenters. The van der Waals surface area contributed by atoms with Gasteiger partial charge < -0.3 is 15.5 Å². The van der Waals surface area contributed by atoms with Crippen LogP contribution in [0.15, 0.2) is 84.9 Å². The van der Waals surface area contributed by atoms with E-state index in [4.69, 9.17) is 0 Å². The van der Waals surface area contributed by atoms with Gasteiger partial charge in [0.05, 0.1) is 0 Å². The molecule has 0 amide bonds. The van der Waals surface area contributed by atoms with Crippen molar-refractivity contribution in [3.63, 3.8) is 0 Å². The van der Waals surface area contributed by atoms with Gasteiger partial charge in [0, 0.05) is 46.8 Å². The number of nitrogens with zero attached hydrogens (tertiary/aromatic N) is 2. The molecule has 4 aromatic rings. The van der Waals surface area contributed by atoms with Crippen molar-refractivity contribution in [2.45, 2.75) is 85.5 Å². The van der Waals surface area contributed by atoms with E-state index in [-0.39, 0.29) is 5.92 Å². The molecule has 0 aromatic heterocycles. The molecule has 4 rings (SSSR count). The molecule has 0 unspecified atom stereocenters. The van der Waals surface area contributed by atoms with Crippen molar-refractivity contribution in [2.24, 2.45) is 0 Å². The van der Waals surface area contributed by atoms with Crippen molar-refractivity contribution < 1.29 is 5.73 Å². The Morgan fingerprint density at radius 2 is 0.868 bits per heavy atom. The molecule has 0 aliphatic carbocycles. The molecule has 0 saturated carbocycles. The second-order valence-corrected chi connectivity index (χ2v) is 11.7. The first kappa shape index (κ1) is 27.7. The molecular weight excluding hydrogens is 462 g/mol. The highest BCUT2D eigenvalue weighted by molar-refractivity contribution is 5.94. The van der Waals surface area contributed by atoms with Gasteiger partial charge in [-0.3, -0.25) is 0 Å². The second-order valence-electron chi connectivity index (χ2n) is 11.7. The number of quaternary nitrogens is 1. The van der Waals surface area contributed by atoms with Gasteiger partial charge in [0.15, 0.2) is 0 Å². The molecule has 3 nitrogen and oxygen atoms in total. The van der Waals surface area contributed by atoms with Gasteiger partial charge in [-0.1, -0.05) is 48.5 Å². The Morgan fingerprint density at radius 1 is 0.474 bits per heavy atom. The highest BCUT2D eigenvalue weighted by atomic mass is 15.2. The summed E-state index contributed by atoms with van der Waals surface area (Å²) in [4.78, 5) is 4.96. The molecule has 0 fully saturated rings. The van der Waals surface area contributed by atoms with Gasteiger partial charge >= 0.3 is 0 Å². The normalized spacial score (nSPS) is 11.9. The Kier molecular flexibility index (Phi) is 8.47. The van der Waals surface area contributed by atoms with E-state index in [2.05, 4.69) is 156 Å². The predicted octanol–water partition coefficient (Wildman–Crippen LogP) is 8.14. The summed E-state index contributed by atoms with van der Waals surface area (Å²) in [5, 5.41) is 2.50. The van der Waals surface area contributed by atoms with Gasteiger partial charge in [-0.15, -0.1) is 0 Å².